The smallest absolute Gasteiger partial charge is 0.275 e. The van der Waals surface area contributed by atoms with Gasteiger partial charge in [-0.1, -0.05) is 11.6 Å². The summed E-state index contributed by atoms with van der Waals surface area (Å²) in [7, 11) is 0. The Morgan fingerprint density at radius 1 is 1.50 bits per heavy atom. The molecule has 1 aromatic carbocycles. The lowest BCUT2D eigenvalue weighted by atomic mass is 10.2. The van der Waals surface area contributed by atoms with Gasteiger partial charge in [-0.2, -0.15) is 0 Å². The lowest BCUT2D eigenvalue weighted by molar-refractivity contribution is -0.385. The first-order valence-corrected chi connectivity index (χ1v) is 5.10. The van der Waals surface area contributed by atoms with Crippen molar-refractivity contribution in [3.05, 3.63) is 36.4 Å². The van der Waals surface area contributed by atoms with Crippen LogP contribution in [0.5, 0.6) is 0 Å². The fraction of sp³-hybridized carbons (Fsp3) is 0. The van der Waals surface area contributed by atoms with Crippen LogP contribution in [0.25, 0.3) is 0 Å². The quantitative estimate of drug-likeness (QED) is 0.358. The number of nitrogens with zero attached hydrogens (tertiary/aromatic N) is 1. The molecule has 0 fully saturated rings. The summed E-state index contributed by atoms with van der Waals surface area (Å²) in [5, 5.41) is 9.90. The topological polar surface area (TPSA) is 60.2 Å². The highest BCUT2D eigenvalue weighted by molar-refractivity contribution is 14.1. The lowest BCUT2D eigenvalue weighted by Gasteiger charge is -2.01. The summed E-state index contributed by atoms with van der Waals surface area (Å²) in [5.41, 5.74) is -0.497. The zero-order valence-electron chi connectivity index (χ0n) is 6.46. The molecule has 0 bridgehead atoms. The molecule has 7 heteroatoms. The van der Waals surface area contributed by atoms with Gasteiger partial charge < -0.3 is 0 Å². The summed E-state index contributed by atoms with van der Waals surface area (Å²) in [4.78, 5) is 20.8. The number of benzene rings is 1. The van der Waals surface area contributed by atoms with Gasteiger partial charge in [0.15, 0.2) is 0 Å². The minimum absolute atomic E-state index is 0.123. The second-order valence-electron chi connectivity index (χ2n) is 2.31. The molecule has 0 unspecified atom stereocenters. The van der Waals surface area contributed by atoms with Crippen molar-refractivity contribution < 1.29 is 9.72 Å². The minimum atomic E-state index is -0.863. The Balaban J connectivity index is 3.52. The Labute approximate surface area is 102 Å². The number of carbonyl (C=O) groups is 1. The van der Waals surface area contributed by atoms with Crippen LogP contribution in [0, 0.1) is 13.7 Å². The van der Waals surface area contributed by atoms with Gasteiger partial charge in [0.05, 0.1) is 4.92 Å². The first-order chi connectivity index (χ1) is 6.43. The van der Waals surface area contributed by atoms with Gasteiger partial charge in [0.25, 0.3) is 10.9 Å². The maximum atomic E-state index is 10.9. The van der Waals surface area contributed by atoms with Crippen molar-refractivity contribution in [3.63, 3.8) is 0 Å². The molecule has 0 spiro atoms. The van der Waals surface area contributed by atoms with Crippen LogP contribution in [0.1, 0.15) is 10.4 Å². The van der Waals surface area contributed by atoms with Gasteiger partial charge in [-0.3, -0.25) is 14.9 Å². The number of hydrogen-bond donors (Lipinski definition) is 0. The maximum Gasteiger partial charge on any atom is 0.284 e. The van der Waals surface area contributed by atoms with Gasteiger partial charge in [-0.25, -0.2) is 0 Å². The molecule has 0 amide bonds. The Kier molecular flexibility index (Phi) is 3.68. The summed E-state index contributed by atoms with van der Waals surface area (Å²) >= 11 is 12.6. The number of hydrogen-bond acceptors (Lipinski definition) is 3. The van der Waals surface area contributed by atoms with E-state index in [4.69, 9.17) is 23.2 Å². The van der Waals surface area contributed by atoms with Crippen LogP contribution in [0.4, 0.5) is 5.69 Å². The van der Waals surface area contributed by atoms with E-state index < -0.39 is 10.2 Å². The van der Waals surface area contributed by atoms with E-state index in [-0.39, 0.29) is 16.3 Å². The normalized spacial score (nSPS) is 9.93. The summed E-state index contributed by atoms with van der Waals surface area (Å²) < 4.78 is 0.363. The zero-order chi connectivity index (χ0) is 10.9. The van der Waals surface area contributed by atoms with Gasteiger partial charge in [0.2, 0.25) is 0 Å². The molecule has 0 aliphatic carbocycles. The van der Waals surface area contributed by atoms with E-state index in [2.05, 4.69) is 0 Å². The van der Waals surface area contributed by atoms with Crippen molar-refractivity contribution in [1.29, 1.82) is 0 Å². The van der Waals surface area contributed by atoms with Gasteiger partial charge in [-0.05, 0) is 40.3 Å². The molecule has 1 rings (SSSR count). The molecule has 4 nitrogen and oxygen atoms in total. The zero-order valence-corrected chi connectivity index (χ0v) is 10.1. The number of nitro groups is 1. The van der Waals surface area contributed by atoms with Crippen LogP contribution in [0.15, 0.2) is 12.1 Å². The van der Waals surface area contributed by atoms with Crippen LogP contribution >= 0.6 is 45.8 Å². The lowest BCUT2D eigenvalue weighted by Crippen LogP contribution is -2.01. The number of rotatable bonds is 2. The highest BCUT2D eigenvalue weighted by Gasteiger charge is 2.22. The van der Waals surface area contributed by atoms with Gasteiger partial charge >= 0.3 is 0 Å². The summed E-state index contributed by atoms with van der Waals surface area (Å²) in [5.74, 6) is 0. The predicted octanol–water partition coefficient (Wildman–Crippen LogP) is 3.23. The molecule has 0 saturated heterocycles. The maximum absolute atomic E-state index is 10.9. The number of halogens is 3. The SMILES string of the molecule is O=C(Cl)c1c(I)cc(Cl)cc1[N+](=O)[O-]. The van der Waals surface area contributed by atoms with Crippen molar-refractivity contribution in [3.8, 4) is 0 Å². The molecular weight excluding hydrogens is 344 g/mol. The van der Waals surface area contributed by atoms with Crippen molar-refractivity contribution >= 4 is 56.7 Å². The van der Waals surface area contributed by atoms with Gasteiger partial charge in [0, 0.05) is 14.7 Å². The van der Waals surface area contributed by atoms with Crippen molar-refractivity contribution in [2.75, 3.05) is 0 Å². The monoisotopic (exact) mass is 345 g/mol. The number of nitro benzene ring substituents is 1. The summed E-state index contributed by atoms with van der Waals surface area (Å²) in [6.45, 7) is 0. The molecule has 0 aliphatic rings. The Hall–Kier alpha value is -0.400. The van der Waals surface area contributed by atoms with Crippen LogP contribution in [0.3, 0.4) is 0 Å². The molecule has 1 aromatic rings. The average molecular weight is 346 g/mol. The van der Waals surface area contributed by atoms with Crippen LogP contribution in [-0.2, 0) is 0 Å². The first kappa shape index (κ1) is 11.7. The van der Waals surface area contributed by atoms with Crippen molar-refractivity contribution in [1.82, 2.24) is 0 Å². The largest absolute Gasteiger partial charge is 0.284 e. The fourth-order valence-corrected chi connectivity index (χ4v) is 2.51. The minimum Gasteiger partial charge on any atom is -0.275 e. The number of carbonyl (C=O) groups excluding carboxylic acids is 1. The first-order valence-electron chi connectivity index (χ1n) is 3.26. The summed E-state index contributed by atoms with van der Waals surface area (Å²) in [6.07, 6.45) is 0. The average Bonchev–Trinajstić information content (AvgIpc) is 2.01. The molecule has 0 aromatic heterocycles. The van der Waals surface area contributed by atoms with Crippen LogP contribution in [0.2, 0.25) is 5.02 Å². The third-order valence-corrected chi connectivity index (χ3v) is 2.69. The van der Waals surface area contributed by atoms with E-state index in [9.17, 15) is 14.9 Å². The molecule has 0 N–H and O–H groups in total. The standard InChI is InChI=1S/C7H2Cl2INO3/c8-3-1-4(10)6(7(9)12)5(2-3)11(13)14/h1-2H. The van der Waals surface area contributed by atoms with Crippen LogP contribution < -0.4 is 0 Å². The Bertz CT molecular complexity index is 422. The van der Waals surface area contributed by atoms with E-state index in [1.54, 1.807) is 22.6 Å². The molecule has 14 heavy (non-hydrogen) atoms. The molecular formula is C7H2Cl2INO3. The molecule has 0 atom stereocenters. The molecule has 0 heterocycles. The van der Waals surface area contributed by atoms with E-state index in [1.807, 2.05) is 0 Å². The van der Waals surface area contributed by atoms with Crippen LogP contribution in [-0.4, -0.2) is 10.2 Å². The Morgan fingerprint density at radius 2 is 2.07 bits per heavy atom. The second-order valence-corrected chi connectivity index (χ2v) is 4.25. The van der Waals surface area contributed by atoms with Gasteiger partial charge in [-0.15, -0.1) is 0 Å². The molecule has 0 saturated carbocycles. The van der Waals surface area contributed by atoms with E-state index in [0.29, 0.717) is 3.57 Å². The van der Waals surface area contributed by atoms with E-state index in [0.717, 1.165) is 6.07 Å². The second kappa shape index (κ2) is 4.41. The molecule has 74 valence electrons. The van der Waals surface area contributed by atoms with Crippen molar-refractivity contribution in [2.24, 2.45) is 0 Å². The Morgan fingerprint density at radius 3 is 2.50 bits per heavy atom. The predicted molar refractivity (Wildman–Crippen MR) is 61.0 cm³/mol. The summed E-state index contributed by atoms with van der Waals surface area (Å²) in [6, 6.07) is 2.53. The van der Waals surface area contributed by atoms with Crippen molar-refractivity contribution in [2.45, 2.75) is 0 Å². The van der Waals surface area contributed by atoms with Gasteiger partial charge in [0.1, 0.15) is 5.56 Å². The van der Waals surface area contributed by atoms with E-state index >= 15 is 0 Å². The highest BCUT2D eigenvalue weighted by Crippen LogP contribution is 2.29. The third kappa shape index (κ3) is 2.34. The third-order valence-electron chi connectivity index (χ3n) is 1.43. The molecule has 0 radical (unpaired) electrons. The van der Waals surface area contributed by atoms with E-state index in [1.165, 1.54) is 6.07 Å². The fourth-order valence-electron chi connectivity index (χ4n) is 0.899. The highest BCUT2D eigenvalue weighted by atomic mass is 127. The molecule has 0 aliphatic heterocycles.